The fourth-order valence-corrected chi connectivity index (χ4v) is 5.53. The average Bonchev–Trinajstić information content (AvgIpc) is 3.51. The zero-order chi connectivity index (χ0) is 17.9. The molecule has 1 aliphatic carbocycles. The summed E-state index contributed by atoms with van der Waals surface area (Å²) in [5.41, 5.74) is 0.819. The van der Waals surface area contributed by atoms with Crippen LogP contribution in [0.2, 0.25) is 0 Å². The van der Waals surface area contributed by atoms with Gasteiger partial charge in [-0.05, 0) is 18.4 Å². The highest BCUT2D eigenvalue weighted by molar-refractivity contribution is 5.78. The molecule has 1 aromatic carbocycles. The van der Waals surface area contributed by atoms with E-state index in [0.717, 1.165) is 28.8 Å². The van der Waals surface area contributed by atoms with Crippen molar-refractivity contribution >= 4 is 5.97 Å². The lowest BCUT2D eigenvalue weighted by atomic mass is 9.94. The number of rotatable bonds is 6. The molecule has 3 aliphatic heterocycles. The highest BCUT2D eigenvalue weighted by Crippen LogP contribution is 2.54. The van der Waals surface area contributed by atoms with Gasteiger partial charge in [-0.1, -0.05) is 30.3 Å². The molecule has 1 saturated carbocycles. The van der Waals surface area contributed by atoms with Crippen molar-refractivity contribution in [3.05, 3.63) is 35.9 Å². The SMILES string of the molecule is C[N+]1(CC2CC2)[C@H]2CC(OC(=O)[C@@H](CO)c3ccccc3)C[C@H]1[C@@H]1O[C@H]12. The smallest absolute Gasteiger partial charge is 0.316 e. The van der Waals surface area contributed by atoms with Crippen LogP contribution in [0.15, 0.2) is 30.3 Å². The molecule has 0 spiro atoms. The van der Waals surface area contributed by atoms with Crippen molar-refractivity contribution in [1.82, 2.24) is 0 Å². The number of quaternary nitrogens is 1. The van der Waals surface area contributed by atoms with E-state index < -0.39 is 5.92 Å². The van der Waals surface area contributed by atoms with Crippen molar-refractivity contribution in [2.45, 2.75) is 62.0 Å². The van der Waals surface area contributed by atoms with Crippen LogP contribution in [0.25, 0.3) is 0 Å². The lowest BCUT2D eigenvalue weighted by Gasteiger charge is -2.48. The number of hydrogen-bond donors (Lipinski definition) is 1. The number of ether oxygens (including phenoxy) is 2. The van der Waals surface area contributed by atoms with E-state index in [0.29, 0.717) is 24.3 Å². The van der Waals surface area contributed by atoms with E-state index >= 15 is 0 Å². The molecule has 3 saturated heterocycles. The van der Waals surface area contributed by atoms with Gasteiger partial charge in [0, 0.05) is 18.8 Å². The quantitative estimate of drug-likeness (QED) is 0.479. The Morgan fingerprint density at radius 3 is 2.46 bits per heavy atom. The molecule has 5 nitrogen and oxygen atoms in total. The lowest BCUT2D eigenvalue weighted by Crippen LogP contribution is -2.63. The maximum Gasteiger partial charge on any atom is 0.316 e. The van der Waals surface area contributed by atoms with Gasteiger partial charge in [0.15, 0.2) is 0 Å². The van der Waals surface area contributed by atoms with Crippen molar-refractivity contribution in [3.63, 3.8) is 0 Å². The molecule has 140 valence electrons. The summed E-state index contributed by atoms with van der Waals surface area (Å²) in [7, 11) is 2.39. The number of likely N-dealkylation sites (N-methyl/N-ethyl adjacent to an activating group) is 1. The minimum Gasteiger partial charge on any atom is -0.461 e. The number of benzene rings is 1. The Bertz CT molecular complexity index is 671. The number of nitrogens with zero attached hydrogens (tertiary/aromatic N) is 1. The molecule has 4 fully saturated rings. The first-order chi connectivity index (χ1) is 12.6. The van der Waals surface area contributed by atoms with Gasteiger partial charge in [-0.3, -0.25) is 4.79 Å². The molecule has 0 radical (unpaired) electrons. The van der Waals surface area contributed by atoms with Crippen LogP contribution in [0.1, 0.15) is 37.2 Å². The number of carbonyl (C=O) groups excluding carboxylic acids is 1. The first-order valence-electron chi connectivity index (χ1n) is 9.97. The number of esters is 1. The van der Waals surface area contributed by atoms with Crippen molar-refractivity contribution in [1.29, 1.82) is 0 Å². The summed E-state index contributed by atoms with van der Waals surface area (Å²) < 4.78 is 12.9. The highest BCUT2D eigenvalue weighted by Gasteiger charge is 2.72. The molecule has 5 rings (SSSR count). The van der Waals surface area contributed by atoms with E-state index in [1.54, 1.807) is 0 Å². The summed E-state index contributed by atoms with van der Waals surface area (Å²) in [4.78, 5) is 12.7. The van der Waals surface area contributed by atoms with Gasteiger partial charge in [-0.2, -0.15) is 0 Å². The van der Waals surface area contributed by atoms with Gasteiger partial charge in [0.2, 0.25) is 0 Å². The number of epoxide rings is 1. The fraction of sp³-hybridized carbons (Fsp3) is 0.667. The number of aliphatic hydroxyl groups excluding tert-OH is 1. The van der Waals surface area contributed by atoms with Gasteiger partial charge in [-0.15, -0.1) is 0 Å². The largest absolute Gasteiger partial charge is 0.461 e. The number of hydrogen-bond acceptors (Lipinski definition) is 4. The van der Waals surface area contributed by atoms with E-state index in [1.165, 1.54) is 19.4 Å². The molecule has 1 N–H and O–H groups in total. The lowest BCUT2D eigenvalue weighted by molar-refractivity contribution is -0.957. The van der Waals surface area contributed by atoms with E-state index in [-0.39, 0.29) is 18.7 Å². The summed E-state index contributed by atoms with van der Waals surface area (Å²) in [5, 5.41) is 9.71. The molecular weight excluding hydrogens is 330 g/mol. The first-order valence-corrected chi connectivity index (χ1v) is 9.97. The zero-order valence-electron chi connectivity index (χ0n) is 15.3. The second-order valence-corrected chi connectivity index (χ2v) is 8.85. The fourth-order valence-electron chi connectivity index (χ4n) is 5.53. The molecule has 5 heteroatoms. The van der Waals surface area contributed by atoms with Crippen molar-refractivity contribution in [2.75, 3.05) is 20.2 Å². The molecule has 5 atom stereocenters. The molecule has 26 heavy (non-hydrogen) atoms. The van der Waals surface area contributed by atoms with E-state index in [9.17, 15) is 9.90 Å². The number of piperidine rings is 1. The Hall–Kier alpha value is -1.43. The molecule has 0 unspecified atom stereocenters. The summed E-state index contributed by atoms with van der Waals surface area (Å²) in [6.07, 6.45) is 5.22. The molecule has 3 heterocycles. The van der Waals surface area contributed by atoms with Gasteiger partial charge >= 0.3 is 5.97 Å². The molecular formula is C21H28NO4+. The second-order valence-electron chi connectivity index (χ2n) is 8.85. The maximum atomic E-state index is 12.7. The van der Waals surface area contributed by atoms with E-state index in [1.807, 2.05) is 30.3 Å². The molecule has 2 bridgehead atoms. The summed E-state index contributed by atoms with van der Waals surface area (Å²) in [5.74, 6) is 0.00309. The van der Waals surface area contributed by atoms with Crippen LogP contribution in [0, 0.1) is 5.92 Å². The minimum absolute atomic E-state index is 0.0444. The summed E-state index contributed by atoms with van der Waals surface area (Å²) in [6.45, 7) is 1.04. The van der Waals surface area contributed by atoms with E-state index in [4.69, 9.17) is 9.47 Å². The van der Waals surface area contributed by atoms with Crippen LogP contribution in [-0.4, -0.2) is 66.2 Å². The number of carbonyl (C=O) groups is 1. The summed E-state index contributed by atoms with van der Waals surface area (Å²) >= 11 is 0. The monoisotopic (exact) mass is 358 g/mol. The Morgan fingerprint density at radius 2 is 1.88 bits per heavy atom. The third-order valence-electron chi connectivity index (χ3n) is 7.14. The highest BCUT2D eigenvalue weighted by atomic mass is 16.6. The van der Waals surface area contributed by atoms with Gasteiger partial charge in [0.1, 0.15) is 36.3 Å². The predicted molar refractivity (Wildman–Crippen MR) is 95.4 cm³/mol. The Labute approximate surface area is 154 Å². The zero-order valence-corrected chi connectivity index (χ0v) is 15.3. The average molecular weight is 358 g/mol. The van der Waals surface area contributed by atoms with Crippen LogP contribution in [0.3, 0.4) is 0 Å². The van der Waals surface area contributed by atoms with Crippen LogP contribution in [-0.2, 0) is 14.3 Å². The molecule has 4 aliphatic rings. The van der Waals surface area contributed by atoms with Crippen LogP contribution in [0.4, 0.5) is 0 Å². The second kappa shape index (κ2) is 6.04. The third-order valence-corrected chi connectivity index (χ3v) is 7.14. The Balaban J connectivity index is 1.27. The normalized spacial score (nSPS) is 41.4. The predicted octanol–water partition coefficient (Wildman–Crippen LogP) is 1.84. The van der Waals surface area contributed by atoms with E-state index in [2.05, 4.69) is 7.05 Å². The van der Waals surface area contributed by atoms with Gasteiger partial charge in [0.25, 0.3) is 0 Å². The molecule has 0 amide bonds. The van der Waals surface area contributed by atoms with Crippen molar-refractivity contribution in [3.8, 4) is 0 Å². The van der Waals surface area contributed by atoms with Gasteiger partial charge < -0.3 is 19.1 Å². The van der Waals surface area contributed by atoms with Crippen molar-refractivity contribution in [2.24, 2.45) is 5.92 Å². The number of fused-ring (bicyclic) bond motifs is 5. The van der Waals surface area contributed by atoms with Crippen LogP contribution < -0.4 is 0 Å². The molecule has 1 aromatic rings. The van der Waals surface area contributed by atoms with Gasteiger partial charge in [0.05, 0.1) is 20.2 Å². The topological polar surface area (TPSA) is 59.1 Å². The van der Waals surface area contributed by atoms with Gasteiger partial charge in [-0.25, -0.2) is 0 Å². The van der Waals surface area contributed by atoms with Crippen LogP contribution in [0.5, 0.6) is 0 Å². The minimum atomic E-state index is -0.589. The number of aliphatic hydroxyl groups is 1. The Morgan fingerprint density at radius 1 is 1.23 bits per heavy atom. The first kappa shape index (κ1) is 16.7. The molecule has 0 aromatic heterocycles. The summed E-state index contributed by atoms with van der Waals surface area (Å²) in [6, 6.07) is 10.4. The maximum absolute atomic E-state index is 12.7. The number of morpholine rings is 1. The van der Waals surface area contributed by atoms with Crippen LogP contribution >= 0.6 is 0 Å². The standard InChI is InChI=1S/C21H28NO4/c1-22(11-13-7-8-13)17-9-15(10-18(22)20-19(17)26-20)25-21(24)16(12-23)14-5-3-2-4-6-14/h2-6,13,15-20,23H,7-12H2,1H3/q+1/t15?,16-,17-,18-,19-,20-,22?/m0/s1. The Kier molecular flexibility index (Phi) is 3.89. The third kappa shape index (κ3) is 2.68. The van der Waals surface area contributed by atoms with Crippen molar-refractivity contribution < 1.29 is 23.9 Å².